The summed E-state index contributed by atoms with van der Waals surface area (Å²) in [5.41, 5.74) is 1.19. The fourth-order valence-electron chi connectivity index (χ4n) is 2.26. The maximum absolute atomic E-state index is 3.50. The average Bonchev–Trinajstić information content (AvgIpc) is 2.98. The van der Waals surface area contributed by atoms with Crippen molar-refractivity contribution < 1.29 is 0 Å². The number of thiophene rings is 1. The lowest BCUT2D eigenvalue weighted by atomic mass is 10.1. The Morgan fingerprint density at radius 3 is 2.45 bits per heavy atom. The molecule has 2 aromatic rings. The summed E-state index contributed by atoms with van der Waals surface area (Å²) in [5, 5.41) is 5.66. The maximum Gasteiger partial charge on any atom is 0.0340 e. The van der Waals surface area contributed by atoms with Crippen molar-refractivity contribution in [2.75, 3.05) is 18.9 Å². The van der Waals surface area contributed by atoms with Crippen LogP contribution in [0.3, 0.4) is 0 Å². The van der Waals surface area contributed by atoms with Gasteiger partial charge in [-0.2, -0.15) is 0 Å². The fraction of sp³-hybridized carbons (Fsp3) is 0.412. The summed E-state index contributed by atoms with van der Waals surface area (Å²) in [5.74, 6) is 0. The Labute approximate surface area is 126 Å². The summed E-state index contributed by atoms with van der Waals surface area (Å²) < 4.78 is 0. The van der Waals surface area contributed by atoms with Crippen molar-refractivity contribution in [2.45, 2.75) is 32.4 Å². The number of hydrogen-bond acceptors (Lipinski definition) is 3. The van der Waals surface area contributed by atoms with Crippen LogP contribution < -0.4 is 5.32 Å². The first-order chi connectivity index (χ1) is 9.66. The molecule has 0 aliphatic carbocycles. The molecule has 0 radical (unpaired) electrons. The first-order valence-corrected chi connectivity index (χ1v) is 8.08. The quantitative estimate of drug-likeness (QED) is 0.825. The number of benzene rings is 1. The number of anilines is 1. The van der Waals surface area contributed by atoms with Crippen molar-refractivity contribution >= 4 is 17.0 Å². The van der Waals surface area contributed by atoms with E-state index in [4.69, 9.17) is 0 Å². The molecule has 3 heteroatoms. The molecule has 0 aliphatic heterocycles. The molecule has 20 heavy (non-hydrogen) atoms. The largest absolute Gasteiger partial charge is 0.383 e. The Balaban J connectivity index is 1.80. The van der Waals surface area contributed by atoms with E-state index in [-0.39, 0.29) is 0 Å². The Morgan fingerprint density at radius 1 is 1.05 bits per heavy atom. The lowest BCUT2D eigenvalue weighted by Gasteiger charge is -2.31. The Bertz CT molecular complexity index is 481. The first-order valence-electron chi connectivity index (χ1n) is 7.20. The van der Waals surface area contributed by atoms with Crippen LogP contribution in [0.15, 0.2) is 47.8 Å². The summed E-state index contributed by atoms with van der Waals surface area (Å²) in [6.07, 6.45) is 1.13. The summed E-state index contributed by atoms with van der Waals surface area (Å²) in [7, 11) is 2.22. The number of nitrogens with zero attached hydrogens (tertiary/aromatic N) is 1. The standard InChI is InChI=1S/C17H24N2S/c1-14(12-17-10-7-11-20-17)19(3)15(2)13-18-16-8-5-4-6-9-16/h4-11,14-15,18H,12-13H2,1-3H3. The number of rotatable bonds is 7. The minimum atomic E-state index is 0.505. The van der Waals surface area contributed by atoms with Gasteiger partial charge in [0, 0.05) is 29.2 Å². The molecule has 0 amide bonds. The number of para-hydroxylation sites is 1. The molecule has 0 spiro atoms. The summed E-state index contributed by atoms with van der Waals surface area (Å²) in [6, 6.07) is 15.8. The van der Waals surface area contributed by atoms with E-state index in [0.29, 0.717) is 12.1 Å². The summed E-state index contributed by atoms with van der Waals surface area (Å²) in [6.45, 7) is 5.55. The molecular weight excluding hydrogens is 264 g/mol. The number of hydrogen-bond donors (Lipinski definition) is 1. The van der Waals surface area contributed by atoms with Gasteiger partial charge in [0.05, 0.1) is 0 Å². The Hall–Kier alpha value is -1.32. The Morgan fingerprint density at radius 2 is 1.80 bits per heavy atom. The molecule has 0 bridgehead atoms. The highest BCUT2D eigenvalue weighted by Crippen LogP contribution is 2.15. The molecule has 0 saturated carbocycles. The molecule has 0 saturated heterocycles. The topological polar surface area (TPSA) is 15.3 Å². The van der Waals surface area contributed by atoms with E-state index in [2.05, 4.69) is 72.9 Å². The van der Waals surface area contributed by atoms with Crippen molar-refractivity contribution in [3.8, 4) is 0 Å². The fourth-order valence-corrected chi connectivity index (χ4v) is 3.09. The van der Waals surface area contributed by atoms with E-state index in [9.17, 15) is 0 Å². The zero-order chi connectivity index (χ0) is 14.4. The molecule has 1 aromatic carbocycles. The van der Waals surface area contributed by atoms with Crippen LogP contribution in [0.1, 0.15) is 18.7 Å². The molecule has 2 rings (SSSR count). The normalized spacial score (nSPS) is 14.2. The van der Waals surface area contributed by atoms with E-state index in [1.54, 1.807) is 0 Å². The molecular formula is C17H24N2S. The predicted molar refractivity (Wildman–Crippen MR) is 89.6 cm³/mol. The van der Waals surface area contributed by atoms with Crippen molar-refractivity contribution in [3.63, 3.8) is 0 Å². The van der Waals surface area contributed by atoms with Crippen molar-refractivity contribution in [3.05, 3.63) is 52.7 Å². The molecule has 1 heterocycles. The van der Waals surface area contributed by atoms with Gasteiger partial charge in [0.15, 0.2) is 0 Å². The predicted octanol–water partition coefficient (Wildman–Crippen LogP) is 4.11. The van der Waals surface area contributed by atoms with E-state index in [1.807, 2.05) is 17.4 Å². The van der Waals surface area contributed by atoms with Crippen LogP contribution in [0.2, 0.25) is 0 Å². The highest BCUT2D eigenvalue weighted by Gasteiger charge is 2.16. The van der Waals surface area contributed by atoms with Gasteiger partial charge >= 0.3 is 0 Å². The van der Waals surface area contributed by atoms with Crippen LogP contribution in [0.4, 0.5) is 5.69 Å². The van der Waals surface area contributed by atoms with Gasteiger partial charge in [0.1, 0.15) is 0 Å². The lowest BCUT2D eigenvalue weighted by molar-refractivity contribution is 0.203. The van der Waals surface area contributed by atoms with Gasteiger partial charge in [-0.05, 0) is 50.9 Å². The van der Waals surface area contributed by atoms with E-state index >= 15 is 0 Å². The van der Waals surface area contributed by atoms with Crippen LogP contribution in [0.25, 0.3) is 0 Å². The van der Waals surface area contributed by atoms with E-state index < -0.39 is 0 Å². The zero-order valence-corrected chi connectivity index (χ0v) is 13.4. The van der Waals surface area contributed by atoms with Crippen molar-refractivity contribution in [1.29, 1.82) is 0 Å². The third-order valence-electron chi connectivity index (χ3n) is 3.84. The number of likely N-dealkylation sites (N-methyl/N-ethyl adjacent to an activating group) is 1. The van der Waals surface area contributed by atoms with Crippen molar-refractivity contribution in [2.24, 2.45) is 0 Å². The van der Waals surface area contributed by atoms with Gasteiger partial charge in [0.2, 0.25) is 0 Å². The second-order valence-electron chi connectivity index (χ2n) is 5.39. The minimum absolute atomic E-state index is 0.505. The van der Waals surface area contributed by atoms with E-state index in [1.165, 1.54) is 10.6 Å². The SMILES string of the molecule is CC(CNc1ccccc1)N(C)C(C)Cc1cccs1. The molecule has 2 atom stereocenters. The molecule has 0 fully saturated rings. The van der Waals surface area contributed by atoms with Crippen LogP contribution in [0, 0.1) is 0 Å². The second kappa shape index (κ2) is 7.46. The summed E-state index contributed by atoms with van der Waals surface area (Å²) >= 11 is 1.85. The third-order valence-corrected chi connectivity index (χ3v) is 4.74. The Kier molecular flexibility index (Phi) is 5.62. The molecule has 2 nitrogen and oxygen atoms in total. The van der Waals surface area contributed by atoms with Gasteiger partial charge in [0.25, 0.3) is 0 Å². The number of nitrogens with one attached hydrogen (secondary N) is 1. The third kappa shape index (κ3) is 4.36. The minimum Gasteiger partial charge on any atom is -0.383 e. The van der Waals surface area contributed by atoms with Gasteiger partial charge in [-0.1, -0.05) is 24.3 Å². The molecule has 2 unspecified atom stereocenters. The van der Waals surface area contributed by atoms with Gasteiger partial charge in [-0.3, -0.25) is 4.90 Å². The van der Waals surface area contributed by atoms with Crippen LogP contribution >= 0.6 is 11.3 Å². The summed E-state index contributed by atoms with van der Waals surface area (Å²) in [4.78, 5) is 3.92. The maximum atomic E-state index is 3.50. The molecule has 1 N–H and O–H groups in total. The van der Waals surface area contributed by atoms with E-state index in [0.717, 1.165) is 13.0 Å². The van der Waals surface area contributed by atoms with Crippen LogP contribution in [0.5, 0.6) is 0 Å². The van der Waals surface area contributed by atoms with Crippen LogP contribution in [-0.2, 0) is 6.42 Å². The highest BCUT2D eigenvalue weighted by molar-refractivity contribution is 7.09. The smallest absolute Gasteiger partial charge is 0.0340 e. The van der Waals surface area contributed by atoms with Crippen LogP contribution in [-0.4, -0.2) is 30.6 Å². The average molecular weight is 288 g/mol. The molecule has 1 aromatic heterocycles. The molecule has 108 valence electrons. The lowest BCUT2D eigenvalue weighted by Crippen LogP contribution is -2.41. The first kappa shape index (κ1) is 15.1. The van der Waals surface area contributed by atoms with Gasteiger partial charge in [-0.15, -0.1) is 11.3 Å². The molecule has 0 aliphatic rings. The monoisotopic (exact) mass is 288 g/mol. The van der Waals surface area contributed by atoms with Gasteiger partial charge < -0.3 is 5.32 Å². The highest BCUT2D eigenvalue weighted by atomic mass is 32.1. The zero-order valence-electron chi connectivity index (χ0n) is 12.5. The van der Waals surface area contributed by atoms with Gasteiger partial charge in [-0.25, -0.2) is 0 Å². The van der Waals surface area contributed by atoms with Crippen molar-refractivity contribution in [1.82, 2.24) is 4.90 Å². The second-order valence-corrected chi connectivity index (χ2v) is 6.43.